The molecule has 7 nitrogen and oxygen atoms in total. The first-order chi connectivity index (χ1) is 14.4. The Morgan fingerprint density at radius 3 is 1.80 bits per heavy atom. The monoisotopic (exact) mass is 473 g/mol. The van der Waals surface area contributed by atoms with Gasteiger partial charge in [0.15, 0.2) is 23.3 Å². The van der Waals surface area contributed by atoms with E-state index in [1.807, 2.05) is 0 Å². The smallest absolute Gasteiger partial charge is 0.279 e. The molecule has 0 radical (unpaired) electrons. The quantitative estimate of drug-likeness (QED) is 0.482. The molecule has 152 valence electrons. The molecule has 0 saturated heterocycles. The van der Waals surface area contributed by atoms with Gasteiger partial charge in [-0.2, -0.15) is 0 Å². The summed E-state index contributed by atoms with van der Waals surface area (Å²) in [5, 5.41) is 0. The van der Waals surface area contributed by atoms with Crippen molar-refractivity contribution in [3.8, 4) is 11.6 Å². The molecule has 0 aromatic carbocycles. The molecule has 0 unspecified atom stereocenters. The van der Waals surface area contributed by atoms with Crippen molar-refractivity contribution in [2.75, 3.05) is 5.73 Å². The lowest BCUT2D eigenvalue weighted by Gasteiger charge is -2.05. The zero-order valence-corrected chi connectivity index (χ0v) is 16.8. The summed E-state index contributed by atoms with van der Waals surface area (Å²) in [6.07, 6.45) is 5.74. The summed E-state index contributed by atoms with van der Waals surface area (Å²) in [7, 11) is 0. The van der Waals surface area contributed by atoms with E-state index in [4.69, 9.17) is 5.73 Å². The van der Waals surface area contributed by atoms with E-state index >= 15 is 0 Å². The summed E-state index contributed by atoms with van der Waals surface area (Å²) in [6.45, 7) is 0. The van der Waals surface area contributed by atoms with Crippen LogP contribution in [0.2, 0.25) is 0 Å². The number of nitrogens with two attached hydrogens (primary N) is 1. The highest BCUT2D eigenvalue weighted by atomic mass is 79.9. The number of nitrogens with zero attached hydrogens (tertiary/aromatic N) is 4. The van der Waals surface area contributed by atoms with Crippen LogP contribution in [0.1, 0.15) is 0 Å². The van der Waals surface area contributed by atoms with E-state index in [-0.39, 0.29) is 22.9 Å². The van der Waals surface area contributed by atoms with Gasteiger partial charge in [0.05, 0.1) is 10.2 Å². The second kappa shape index (κ2) is 9.23. The number of halogens is 3. The Morgan fingerprint density at radius 2 is 1.27 bits per heavy atom. The van der Waals surface area contributed by atoms with Crippen molar-refractivity contribution >= 4 is 21.6 Å². The van der Waals surface area contributed by atoms with Crippen LogP contribution in [-0.4, -0.2) is 19.1 Å². The third-order valence-electron chi connectivity index (χ3n) is 3.81. The fourth-order valence-corrected chi connectivity index (χ4v) is 2.76. The van der Waals surface area contributed by atoms with Gasteiger partial charge in [-0.1, -0.05) is 0 Å². The van der Waals surface area contributed by atoms with Crippen molar-refractivity contribution in [2.24, 2.45) is 0 Å². The van der Waals surface area contributed by atoms with Crippen molar-refractivity contribution in [1.29, 1.82) is 0 Å². The Morgan fingerprint density at radius 1 is 0.767 bits per heavy atom. The van der Waals surface area contributed by atoms with Crippen LogP contribution in [0.4, 0.5) is 14.5 Å². The number of rotatable bonds is 2. The minimum absolute atomic E-state index is 0.00352. The molecule has 0 aliphatic rings. The molecule has 2 N–H and O–H groups in total. The van der Waals surface area contributed by atoms with Crippen LogP contribution in [0.15, 0.2) is 87.4 Å². The van der Waals surface area contributed by atoms with Gasteiger partial charge >= 0.3 is 0 Å². The van der Waals surface area contributed by atoms with Crippen LogP contribution in [0.25, 0.3) is 11.6 Å². The highest BCUT2D eigenvalue weighted by molar-refractivity contribution is 9.10. The first-order valence-electron chi connectivity index (χ1n) is 8.46. The number of pyridine rings is 4. The van der Waals surface area contributed by atoms with E-state index in [1.54, 1.807) is 18.2 Å². The van der Waals surface area contributed by atoms with Crippen molar-refractivity contribution in [2.45, 2.75) is 0 Å². The number of hydrogen-bond acceptors (Lipinski definition) is 5. The maximum Gasteiger partial charge on any atom is 0.279 e. The summed E-state index contributed by atoms with van der Waals surface area (Å²) in [5.74, 6) is -1.14. The lowest BCUT2D eigenvalue weighted by molar-refractivity contribution is 0.607. The minimum atomic E-state index is -0.565. The van der Waals surface area contributed by atoms with Gasteiger partial charge in [-0.15, -0.1) is 0 Å². The zero-order valence-electron chi connectivity index (χ0n) is 15.2. The first-order valence-corrected chi connectivity index (χ1v) is 9.25. The topological polar surface area (TPSA) is 95.8 Å². The van der Waals surface area contributed by atoms with E-state index in [0.29, 0.717) is 4.47 Å². The van der Waals surface area contributed by atoms with Gasteiger partial charge in [0, 0.05) is 24.8 Å². The molecule has 0 fully saturated rings. The number of hydrogen-bond donors (Lipinski definition) is 1. The molecule has 0 spiro atoms. The molecular formula is C20H14BrF2N5O2. The maximum atomic E-state index is 13.3. The molecule has 0 saturated carbocycles. The van der Waals surface area contributed by atoms with Crippen LogP contribution in [0, 0.1) is 11.6 Å². The Kier molecular flexibility index (Phi) is 6.48. The van der Waals surface area contributed by atoms with Crippen LogP contribution in [-0.2, 0) is 0 Å². The van der Waals surface area contributed by atoms with Crippen LogP contribution in [0.5, 0.6) is 0 Å². The fraction of sp³-hybridized carbons (Fsp3) is 0. The predicted octanol–water partition coefficient (Wildman–Crippen LogP) is 3.09. The first kappa shape index (κ1) is 21.1. The fourth-order valence-electron chi connectivity index (χ4n) is 2.42. The molecular weight excluding hydrogens is 460 g/mol. The normalized spacial score (nSPS) is 10.2. The molecule has 10 heteroatoms. The third-order valence-corrected chi connectivity index (χ3v) is 4.42. The number of nitrogen functional groups attached to an aromatic ring is 1. The van der Waals surface area contributed by atoms with Gasteiger partial charge in [0.25, 0.3) is 11.1 Å². The van der Waals surface area contributed by atoms with Crippen molar-refractivity contribution in [1.82, 2.24) is 19.1 Å². The van der Waals surface area contributed by atoms with E-state index in [0.717, 1.165) is 9.13 Å². The summed E-state index contributed by atoms with van der Waals surface area (Å²) < 4.78 is 29.3. The third kappa shape index (κ3) is 4.49. The van der Waals surface area contributed by atoms with E-state index < -0.39 is 17.2 Å². The number of aromatic nitrogens is 4. The molecule has 0 aliphatic heterocycles. The Balaban J connectivity index is 0.000000171. The minimum Gasteiger partial charge on any atom is -0.394 e. The second-order valence-corrected chi connectivity index (χ2v) is 6.64. The predicted molar refractivity (Wildman–Crippen MR) is 112 cm³/mol. The van der Waals surface area contributed by atoms with Gasteiger partial charge in [-0.3, -0.25) is 18.7 Å². The molecule has 4 aromatic heterocycles. The van der Waals surface area contributed by atoms with Crippen molar-refractivity contribution in [3.05, 3.63) is 110 Å². The molecule has 4 rings (SSSR count). The Labute approximate surface area is 177 Å². The molecule has 0 aliphatic carbocycles. The molecule has 0 amide bonds. The second-order valence-electron chi connectivity index (χ2n) is 5.79. The van der Waals surface area contributed by atoms with Gasteiger partial charge < -0.3 is 5.73 Å². The van der Waals surface area contributed by atoms with Gasteiger partial charge in [0.1, 0.15) is 0 Å². The Bertz CT molecular complexity index is 1210. The van der Waals surface area contributed by atoms with Crippen LogP contribution < -0.4 is 16.9 Å². The average Bonchev–Trinajstić information content (AvgIpc) is 2.74. The summed E-state index contributed by atoms with van der Waals surface area (Å²) in [6, 6.07) is 11.7. The van der Waals surface area contributed by atoms with Crippen LogP contribution >= 0.6 is 15.9 Å². The van der Waals surface area contributed by atoms with Gasteiger partial charge in [0.2, 0.25) is 0 Å². The summed E-state index contributed by atoms with van der Waals surface area (Å²) in [5.41, 5.74) is 4.67. The summed E-state index contributed by atoms with van der Waals surface area (Å²) >= 11 is 3.08. The molecule has 4 aromatic rings. The molecule has 0 bridgehead atoms. The van der Waals surface area contributed by atoms with Gasteiger partial charge in [-0.05, 0) is 64.5 Å². The van der Waals surface area contributed by atoms with E-state index in [9.17, 15) is 18.4 Å². The van der Waals surface area contributed by atoms with Crippen LogP contribution in [0.3, 0.4) is 0 Å². The lowest BCUT2D eigenvalue weighted by atomic mass is 10.4. The average molecular weight is 474 g/mol. The largest absolute Gasteiger partial charge is 0.394 e. The molecule has 4 heterocycles. The van der Waals surface area contributed by atoms with Gasteiger partial charge in [-0.25, -0.2) is 18.7 Å². The van der Waals surface area contributed by atoms with Crippen molar-refractivity contribution < 1.29 is 8.78 Å². The van der Waals surface area contributed by atoms with Crippen molar-refractivity contribution in [3.63, 3.8) is 0 Å². The van der Waals surface area contributed by atoms with E-state index in [2.05, 4.69) is 25.9 Å². The maximum absolute atomic E-state index is 13.3. The lowest BCUT2D eigenvalue weighted by Crippen LogP contribution is -2.22. The zero-order chi connectivity index (χ0) is 21.7. The molecule has 30 heavy (non-hydrogen) atoms. The summed E-state index contributed by atoms with van der Waals surface area (Å²) in [4.78, 5) is 30.8. The van der Waals surface area contributed by atoms with E-state index in [1.165, 1.54) is 55.1 Å². The standard InChI is InChI=1S/C10H6BrFN2O.C10H8FN3O/c11-7-3-2-6-14(10(7)15)9-8(12)4-1-5-13-9;11-7-3-1-5-13-9(7)14-6-2-4-8(12)10(14)15/h1-6H;1-6H,12H2. The number of anilines is 1. The Hall–Kier alpha value is -3.66. The highest BCUT2D eigenvalue weighted by Crippen LogP contribution is 2.09. The SMILES string of the molecule is Nc1cccn(-c2ncccc2F)c1=O.O=c1c(Br)cccn1-c1ncccc1F. The highest BCUT2D eigenvalue weighted by Gasteiger charge is 2.08. The molecule has 0 atom stereocenters.